The fourth-order valence-electron chi connectivity index (χ4n) is 1.30. The number of nitro groups is 1. The largest absolute Gasteiger partial charge is 0.444 e. The van der Waals surface area contributed by atoms with Gasteiger partial charge in [-0.25, -0.2) is 14.8 Å². The lowest BCUT2D eigenvalue weighted by Gasteiger charge is -2.19. The van der Waals surface area contributed by atoms with Crippen LogP contribution in [0.3, 0.4) is 0 Å². The van der Waals surface area contributed by atoms with E-state index in [-0.39, 0.29) is 5.69 Å². The highest BCUT2D eigenvalue weighted by Crippen LogP contribution is 2.08. The van der Waals surface area contributed by atoms with Crippen LogP contribution in [-0.2, 0) is 4.74 Å². The zero-order valence-corrected chi connectivity index (χ0v) is 12.3. The molecule has 0 saturated heterocycles. The first-order chi connectivity index (χ1) is 9.78. The van der Waals surface area contributed by atoms with Crippen molar-refractivity contribution < 1.29 is 14.5 Å². The molecule has 0 fully saturated rings. The van der Waals surface area contributed by atoms with Crippen molar-refractivity contribution in [2.24, 2.45) is 0 Å². The second-order valence-corrected chi connectivity index (χ2v) is 5.23. The summed E-state index contributed by atoms with van der Waals surface area (Å²) in [6.07, 6.45) is 2.44. The maximum absolute atomic E-state index is 11.4. The third-order valence-corrected chi connectivity index (χ3v) is 2.15. The number of hydrogen-bond acceptors (Lipinski definition) is 7. The highest BCUT2D eigenvalue weighted by atomic mass is 16.6. The molecule has 1 aromatic heterocycles. The summed E-state index contributed by atoms with van der Waals surface area (Å²) in [5.74, 6) is 0.304. The third kappa shape index (κ3) is 7.04. The molecule has 0 atom stereocenters. The van der Waals surface area contributed by atoms with E-state index in [0.717, 1.165) is 12.4 Å². The van der Waals surface area contributed by atoms with Gasteiger partial charge in [0.05, 0.1) is 4.92 Å². The number of rotatable bonds is 6. The van der Waals surface area contributed by atoms with Crippen LogP contribution < -0.4 is 10.6 Å². The summed E-state index contributed by atoms with van der Waals surface area (Å²) in [6, 6.07) is 0. The molecule has 116 valence electrons. The molecule has 9 heteroatoms. The number of carbonyl (C=O) groups is 1. The summed E-state index contributed by atoms with van der Waals surface area (Å²) >= 11 is 0. The van der Waals surface area contributed by atoms with E-state index in [1.165, 1.54) is 0 Å². The van der Waals surface area contributed by atoms with Crippen molar-refractivity contribution in [1.82, 2.24) is 15.3 Å². The van der Waals surface area contributed by atoms with Gasteiger partial charge in [0, 0.05) is 13.1 Å². The van der Waals surface area contributed by atoms with E-state index in [1.807, 2.05) is 0 Å². The number of carbonyl (C=O) groups excluding carboxylic acids is 1. The molecule has 0 aliphatic rings. The van der Waals surface area contributed by atoms with Crippen LogP contribution in [0.15, 0.2) is 12.4 Å². The predicted octanol–water partition coefficient (Wildman–Crippen LogP) is 1.71. The molecule has 0 radical (unpaired) electrons. The van der Waals surface area contributed by atoms with Gasteiger partial charge < -0.3 is 15.4 Å². The van der Waals surface area contributed by atoms with E-state index in [4.69, 9.17) is 4.74 Å². The number of nitrogens with zero attached hydrogens (tertiary/aromatic N) is 3. The number of hydrogen-bond donors (Lipinski definition) is 2. The van der Waals surface area contributed by atoms with Crippen LogP contribution in [0.5, 0.6) is 0 Å². The molecular formula is C12H19N5O4. The van der Waals surface area contributed by atoms with E-state index >= 15 is 0 Å². The Labute approximate surface area is 122 Å². The standard InChI is InChI=1S/C12H19N5O4/c1-12(2,3)21-11(18)14-6-4-5-13-10-15-7-9(8-16-10)17(19)20/h7-8H,4-6H2,1-3H3,(H,14,18)(H,13,15,16). The van der Waals surface area contributed by atoms with Crippen LogP contribution in [0.2, 0.25) is 0 Å². The van der Waals surface area contributed by atoms with E-state index in [2.05, 4.69) is 20.6 Å². The van der Waals surface area contributed by atoms with Crippen molar-refractivity contribution >= 4 is 17.7 Å². The molecule has 0 unspecified atom stereocenters. The first-order valence-electron chi connectivity index (χ1n) is 6.45. The average molecular weight is 297 g/mol. The molecule has 1 rings (SSSR count). The zero-order chi connectivity index (χ0) is 15.9. The summed E-state index contributed by atoms with van der Waals surface area (Å²) in [4.78, 5) is 28.8. The van der Waals surface area contributed by atoms with Crippen molar-refractivity contribution in [1.29, 1.82) is 0 Å². The second-order valence-electron chi connectivity index (χ2n) is 5.23. The number of ether oxygens (including phenoxy) is 1. The van der Waals surface area contributed by atoms with Gasteiger partial charge in [0.2, 0.25) is 5.95 Å². The summed E-state index contributed by atoms with van der Waals surface area (Å²) in [5.41, 5.74) is -0.679. The van der Waals surface area contributed by atoms with Gasteiger partial charge in [0.25, 0.3) is 0 Å². The normalized spacial score (nSPS) is 10.8. The molecule has 0 spiro atoms. The number of nitrogens with one attached hydrogen (secondary N) is 2. The van der Waals surface area contributed by atoms with Crippen molar-refractivity contribution in [3.05, 3.63) is 22.5 Å². The smallest absolute Gasteiger partial charge is 0.407 e. The Kier molecular flexibility index (Phi) is 5.82. The minimum Gasteiger partial charge on any atom is -0.444 e. The van der Waals surface area contributed by atoms with E-state index in [9.17, 15) is 14.9 Å². The van der Waals surface area contributed by atoms with Crippen LogP contribution in [0, 0.1) is 10.1 Å². The highest BCUT2D eigenvalue weighted by molar-refractivity contribution is 5.67. The van der Waals surface area contributed by atoms with Crippen LogP contribution in [0.25, 0.3) is 0 Å². The van der Waals surface area contributed by atoms with Gasteiger partial charge in [-0.1, -0.05) is 0 Å². The third-order valence-electron chi connectivity index (χ3n) is 2.15. The molecule has 9 nitrogen and oxygen atoms in total. The summed E-state index contributed by atoms with van der Waals surface area (Å²) in [5, 5.41) is 15.9. The lowest BCUT2D eigenvalue weighted by Crippen LogP contribution is -2.33. The van der Waals surface area contributed by atoms with Crippen LogP contribution in [-0.4, -0.2) is 39.7 Å². The topological polar surface area (TPSA) is 119 Å². The zero-order valence-electron chi connectivity index (χ0n) is 12.3. The van der Waals surface area contributed by atoms with Gasteiger partial charge in [0.1, 0.15) is 18.0 Å². The molecule has 0 aromatic carbocycles. The number of aromatic nitrogens is 2. The second kappa shape index (κ2) is 7.36. The van der Waals surface area contributed by atoms with Crippen molar-refractivity contribution in [2.45, 2.75) is 32.8 Å². The lowest BCUT2D eigenvalue weighted by molar-refractivity contribution is -0.385. The first-order valence-corrected chi connectivity index (χ1v) is 6.45. The Morgan fingerprint density at radius 1 is 1.33 bits per heavy atom. The maximum atomic E-state index is 11.4. The van der Waals surface area contributed by atoms with Gasteiger partial charge in [-0.2, -0.15) is 0 Å². The minimum atomic E-state index is -0.561. The molecule has 1 heterocycles. The van der Waals surface area contributed by atoms with Crippen LogP contribution >= 0.6 is 0 Å². The minimum absolute atomic E-state index is 0.160. The maximum Gasteiger partial charge on any atom is 0.407 e. The summed E-state index contributed by atoms with van der Waals surface area (Å²) in [6.45, 7) is 6.34. The summed E-state index contributed by atoms with van der Waals surface area (Å²) < 4.78 is 5.08. The predicted molar refractivity (Wildman–Crippen MR) is 76.0 cm³/mol. The monoisotopic (exact) mass is 297 g/mol. The van der Waals surface area contributed by atoms with Crippen molar-refractivity contribution in [3.8, 4) is 0 Å². The Hall–Kier alpha value is -2.45. The van der Waals surface area contributed by atoms with Crippen molar-refractivity contribution in [2.75, 3.05) is 18.4 Å². The highest BCUT2D eigenvalue weighted by Gasteiger charge is 2.15. The number of anilines is 1. The Bertz CT molecular complexity index is 483. The molecule has 1 aromatic rings. The Morgan fingerprint density at radius 2 is 1.95 bits per heavy atom. The van der Waals surface area contributed by atoms with E-state index in [0.29, 0.717) is 25.5 Å². The molecule has 0 aliphatic heterocycles. The van der Waals surface area contributed by atoms with E-state index in [1.54, 1.807) is 20.8 Å². The molecule has 2 N–H and O–H groups in total. The average Bonchev–Trinajstić information content (AvgIpc) is 2.36. The SMILES string of the molecule is CC(C)(C)OC(=O)NCCCNc1ncc([N+](=O)[O-])cn1. The first kappa shape index (κ1) is 16.6. The molecule has 0 aliphatic carbocycles. The van der Waals surface area contributed by atoms with Gasteiger partial charge in [-0.15, -0.1) is 0 Å². The fraction of sp³-hybridized carbons (Fsp3) is 0.583. The van der Waals surface area contributed by atoms with Gasteiger partial charge in [0.15, 0.2) is 0 Å². The fourth-order valence-corrected chi connectivity index (χ4v) is 1.30. The van der Waals surface area contributed by atoms with E-state index < -0.39 is 16.6 Å². The molecule has 21 heavy (non-hydrogen) atoms. The number of amides is 1. The molecule has 0 saturated carbocycles. The Balaban J connectivity index is 2.19. The molecule has 1 amide bonds. The van der Waals surface area contributed by atoms with Crippen molar-refractivity contribution in [3.63, 3.8) is 0 Å². The number of alkyl carbamates (subject to hydrolysis) is 1. The lowest BCUT2D eigenvalue weighted by atomic mass is 10.2. The summed E-state index contributed by atoms with van der Waals surface area (Å²) in [7, 11) is 0. The quantitative estimate of drug-likeness (QED) is 0.466. The van der Waals surface area contributed by atoms with Gasteiger partial charge >= 0.3 is 11.8 Å². The van der Waals surface area contributed by atoms with Crippen LogP contribution in [0.1, 0.15) is 27.2 Å². The molecular weight excluding hydrogens is 278 g/mol. The van der Waals surface area contributed by atoms with Gasteiger partial charge in [-0.3, -0.25) is 10.1 Å². The van der Waals surface area contributed by atoms with Gasteiger partial charge in [-0.05, 0) is 27.2 Å². The van der Waals surface area contributed by atoms with Crippen LogP contribution in [0.4, 0.5) is 16.4 Å². The Morgan fingerprint density at radius 3 is 2.48 bits per heavy atom. The molecule has 0 bridgehead atoms.